The van der Waals surface area contributed by atoms with E-state index in [1.54, 1.807) is 7.05 Å². The second-order valence-corrected chi connectivity index (χ2v) is 3.80. The van der Waals surface area contributed by atoms with Crippen LogP contribution in [0, 0.1) is 11.3 Å². The fourth-order valence-electron chi connectivity index (χ4n) is 1.52. The van der Waals surface area contributed by atoms with Crippen molar-refractivity contribution in [3.63, 3.8) is 0 Å². The number of benzene rings is 1. The quantitative estimate of drug-likeness (QED) is 0.699. The summed E-state index contributed by atoms with van der Waals surface area (Å²) in [6.07, 6.45) is 2.63. The van der Waals surface area contributed by atoms with Crippen LogP contribution >= 0.6 is 0 Å². The normalized spacial score (nSPS) is 10.7. The van der Waals surface area contributed by atoms with Gasteiger partial charge < -0.3 is 19.9 Å². The molecule has 0 saturated carbocycles. The van der Waals surface area contributed by atoms with Gasteiger partial charge in [0.15, 0.2) is 11.5 Å². The highest BCUT2D eigenvalue weighted by Crippen LogP contribution is 2.31. The average molecular weight is 258 g/mol. The van der Waals surface area contributed by atoms with E-state index in [0.29, 0.717) is 5.82 Å². The van der Waals surface area contributed by atoms with Gasteiger partial charge in [0.2, 0.25) is 0 Å². The van der Waals surface area contributed by atoms with Crippen LogP contribution in [0.2, 0.25) is 0 Å². The predicted octanol–water partition coefficient (Wildman–Crippen LogP) is 1.16. The summed E-state index contributed by atoms with van der Waals surface area (Å²) in [6.45, 7) is 0. The molecule has 0 aliphatic carbocycles. The second-order valence-electron chi connectivity index (χ2n) is 3.80. The predicted molar refractivity (Wildman–Crippen MR) is 66.6 cm³/mol. The summed E-state index contributed by atoms with van der Waals surface area (Å²) >= 11 is 0. The maximum absolute atomic E-state index is 9.60. The minimum absolute atomic E-state index is 0.0443. The molecule has 7 heteroatoms. The Bertz CT molecular complexity index is 674. The highest BCUT2D eigenvalue weighted by atomic mass is 16.3. The van der Waals surface area contributed by atoms with Gasteiger partial charge in [-0.05, 0) is 0 Å². The minimum atomic E-state index is -0.318. The topological polar surface area (TPSA) is 115 Å². The van der Waals surface area contributed by atoms with E-state index in [1.807, 2.05) is 6.07 Å². The molecule has 7 nitrogen and oxygen atoms in total. The Morgan fingerprint density at radius 3 is 2.53 bits per heavy atom. The number of hydrogen-bond acceptors (Lipinski definition) is 6. The van der Waals surface area contributed by atoms with Crippen molar-refractivity contribution >= 4 is 12.0 Å². The van der Waals surface area contributed by atoms with E-state index < -0.39 is 0 Å². The van der Waals surface area contributed by atoms with Crippen molar-refractivity contribution in [2.45, 2.75) is 0 Å². The maximum Gasteiger partial charge on any atom is 0.185 e. The van der Waals surface area contributed by atoms with Crippen LogP contribution in [0.4, 0.5) is 5.82 Å². The van der Waals surface area contributed by atoms with Crippen molar-refractivity contribution in [1.82, 2.24) is 9.55 Å². The molecule has 1 aromatic heterocycles. The Morgan fingerprint density at radius 1 is 1.32 bits per heavy atom. The Labute approximate surface area is 108 Å². The Kier molecular flexibility index (Phi) is 3.08. The fraction of sp³-hybridized carbons (Fsp3) is 0.0833. The monoisotopic (exact) mass is 258 g/mol. The van der Waals surface area contributed by atoms with Gasteiger partial charge in [0.1, 0.15) is 23.3 Å². The number of aliphatic imine (C=N–C) groups is 1. The molecule has 0 amide bonds. The molecule has 2 aromatic rings. The number of aromatic nitrogens is 2. The van der Waals surface area contributed by atoms with Gasteiger partial charge in [-0.25, -0.2) is 9.98 Å². The summed E-state index contributed by atoms with van der Waals surface area (Å²) in [4.78, 5) is 7.84. The van der Waals surface area contributed by atoms with Crippen LogP contribution < -0.4 is 0 Å². The van der Waals surface area contributed by atoms with Gasteiger partial charge in [0.25, 0.3) is 0 Å². The third-order valence-electron chi connectivity index (χ3n) is 2.45. The van der Waals surface area contributed by atoms with Crippen molar-refractivity contribution in [3.8, 4) is 23.3 Å². The first-order valence-corrected chi connectivity index (χ1v) is 5.23. The van der Waals surface area contributed by atoms with Crippen LogP contribution in [0.5, 0.6) is 17.2 Å². The van der Waals surface area contributed by atoms with Crippen molar-refractivity contribution in [1.29, 1.82) is 5.26 Å². The third kappa shape index (κ3) is 2.32. The molecule has 1 heterocycles. The molecule has 0 unspecified atom stereocenters. The zero-order valence-corrected chi connectivity index (χ0v) is 9.94. The number of hydrogen-bond donors (Lipinski definition) is 3. The first-order chi connectivity index (χ1) is 9.02. The molecule has 0 saturated heterocycles. The summed E-state index contributed by atoms with van der Waals surface area (Å²) in [5.74, 6) is -0.594. The lowest BCUT2D eigenvalue weighted by Crippen LogP contribution is -1.88. The molecule has 0 atom stereocenters. The molecule has 0 radical (unpaired) electrons. The van der Waals surface area contributed by atoms with Crippen LogP contribution in [0.15, 0.2) is 23.5 Å². The Morgan fingerprint density at radius 2 is 1.95 bits per heavy atom. The van der Waals surface area contributed by atoms with Crippen LogP contribution in [-0.4, -0.2) is 31.1 Å². The second kappa shape index (κ2) is 4.70. The highest BCUT2D eigenvalue weighted by Gasteiger charge is 2.10. The van der Waals surface area contributed by atoms with Crippen molar-refractivity contribution in [3.05, 3.63) is 29.7 Å². The molecular formula is C12H10N4O3. The van der Waals surface area contributed by atoms with E-state index in [0.717, 1.165) is 12.1 Å². The molecule has 0 fully saturated rings. The summed E-state index contributed by atoms with van der Waals surface area (Å²) in [6, 6.07) is 4.04. The Hall–Kier alpha value is -3.01. The van der Waals surface area contributed by atoms with E-state index in [2.05, 4.69) is 9.98 Å². The van der Waals surface area contributed by atoms with Crippen LogP contribution in [0.25, 0.3) is 0 Å². The standard InChI is InChI=1S/C12H10N4O3/c1-16-6-15-9(4-13)12(16)14-5-8-10(18)2-7(17)3-11(8)19/h2-3,5-6,17-19H,1H3/b14-5+. The highest BCUT2D eigenvalue weighted by molar-refractivity contribution is 5.89. The number of aryl methyl sites for hydroxylation is 1. The lowest BCUT2D eigenvalue weighted by atomic mass is 10.2. The van der Waals surface area contributed by atoms with Crippen LogP contribution in [-0.2, 0) is 7.05 Å². The van der Waals surface area contributed by atoms with Crippen LogP contribution in [0.3, 0.4) is 0 Å². The van der Waals surface area contributed by atoms with Crippen molar-refractivity contribution in [2.24, 2.45) is 12.0 Å². The van der Waals surface area contributed by atoms with Crippen LogP contribution in [0.1, 0.15) is 11.3 Å². The molecule has 19 heavy (non-hydrogen) atoms. The van der Waals surface area contributed by atoms with Gasteiger partial charge in [-0.2, -0.15) is 5.26 Å². The van der Waals surface area contributed by atoms with Gasteiger partial charge in [-0.15, -0.1) is 0 Å². The summed E-state index contributed by atoms with van der Waals surface area (Å²) in [5, 5.41) is 37.2. The molecule has 0 aliphatic rings. The molecule has 96 valence electrons. The number of rotatable bonds is 2. The molecule has 0 spiro atoms. The fourth-order valence-corrected chi connectivity index (χ4v) is 1.52. The summed E-state index contributed by atoms with van der Waals surface area (Å²) in [5.41, 5.74) is 0.180. The zero-order valence-electron chi connectivity index (χ0n) is 9.94. The number of imidazole rings is 1. The van der Waals surface area contributed by atoms with Gasteiger partial charge in [-0.3, -0.25) is 0 Å². The van der Waals surface area contributed by atoms with E-state index in [4.69, 9.17) is 5.26 Å². The SMILES string of the molecule is Cn1cnc(C#N)c1/N=C/c1c(O)cc(O)cc1O. The van der Waals surface area contributed by atoms with Gasteiger partial charge in [-0.1, -0.05) is 0 Å². The molecule has 0 bridgehead atoms. The largest absolute Gasteiger partial charge is 0.508 e. The first-order valence-electron chi connectivity index (χ1n) is 5.23. The van der Waals surface area contributed by atoms with E-state index in [-0.39, 0.29) is 28.5 Å². The lowest BCUT2D eigenvalue weighted by molar-refractivity contribution is 0.427. The number of phenols is 3. The van der Waals surface area contributed by atoms with E-state index >= 15 is 0 Å². The van der Waals surface area contributed by atoms with Crippen molar-refractivity contribution in [2.75, 3.05) is 0 Å². The smallest absolute Gasteiger partial charge is 0.185 e. The minimum Gasteiger partial charge on any atom is -0.508 e. The molecule has 0 aliphatic heterocycles. The molecular weight excluding hydrogens is 248 g/mol. The summed E-state index contributed by atoms with van der Waals surface area (Å²) in [7, 11) is 1.66. The maximum atomic E-state index is 9.60. The number of aromatic hydroxyl groups is 3. The Balaban J connectivity index is 2.44. The third-order valence-corrected chi connectivity index (χ3v) is 2.45. The lowest BCUT2D eigenvalue weighted by Gasteiger charge is -2.03. The number of phenolic OH excluding ortho intramolecular Hbond substituents is 3. The molecule has 1 aromatic carbocycles. The molecule has 2 rings (SSSR count). The number of nitrogens with zero attached hydrogens (tertiary/aromatic N) is 4. The van der Waals surface area contributed by atoms with Crippen molar-refractivity contribution < 1.29 is 15.3 Å². The zero-order chi connectivity index (χ0) is 14.0. The average Bonchev–Trinajstić information content (AvgIpc) is 2.69. The summed E-state index contributed by atoms with van der Waals surface area (Å²) < 4.78 is 1.53. The molecule has 3 N–H and O–H groups in total. The number of nitriles is 1. The first kappa shape index (κ1) is 12.4. The van der Waals surface area contributed by atoms with Gasteiger partial charge >= 0.3 is 0 Å². The van der Waals surface area contributed by atoms with E-state index in [9.17, 15) is 15.3 Å². The van der Waals surface area contributed by atoms with Gasteiger partial charge in [0.05, 0.1) is 11.9 Å². The van der Waals surface area contributed by atoms with E-state index in [1.165, 1.54) is 17.1 Å². The van der Waals surface area contributed by atoms with Gasteiger partial charge in [0, 0.05) is 25.4 Å².